The molecule has 0 aromatic heterocycles. The van der Waals surface area contributed by atoms with Gasteiger partial charge in [0.25, 0.3) is 0 Å². The number of nitrogens with zero attached hydrogens (tertiary/aromatic N) is 1. The van der Waals surface area contributed by atoms with Crippen LogP contribution >= 0.6 is 11.6 Å². The van der Waals surface area contributed by atoms with Crippen molar-refractivity contribution in [2.75, 3.05) is 5.88 Å². The Balaban J connectivity index is 2.21. The van der Waals surface area contributed by atoms with E-state index in [4.69, 9.17) is 21.6 Å². The first-order valence-corrected chi connectivity index (χ1v) is 2.53. The zero-order valence-electron chi connectivity index (χ0n) is 3.60. The molecule has 2 unspecified atom stereocenters. The van der Waals surface area contributed by atoms with Gasteiger partial charge in [-0.25, -0.2) is 0 Å². The summed E-state index contributed by atoms with van der Waals surface area (Å²) in [5.74, 6) is 0.443. The van der Waals surface area contributed by atoms with E-state index in [0.717, 1.165) is 0 Å². The molecule has 1 aliphatic heterocycles. The predicted molar refractivity (Wildman–Crippen MR) is 25.0 cm³/mol. The number of alkyl halides is 1. The highest BCUT2D eigenvalue weighted by molar-refractivity contribution is 6.18. The molecule has 2 atom stereocenters. The SMILES string of the molecule is N#CC1OC1CCl. The van der Waals surface area contributed by atoms with Crippen molar-refractivity contribution in [3.8, 4) is 6.07 Å². The van der Waals surface area contributed by atoms with E-state index in [0.29, 0.717) is 5.88 Å². The highest BCUT2D eigenvalue weighted by Crippen LogP contribution is 2.21. The lowest BCUT2D eigenvalue weighted by Gasteiger charge is -1.68. The molecular formula is C4H4ClNO. The molecule has 0 saturated carbocycles. The van der Waals surface area contributed by atoms with E-state index in [1.165, 1.54) is 0 Å². The van der Waals surface area contributed by atoms with Crippen molar-refractivity contribution in [1.29, 1.82) is 5.26 Å². The third-order valence-electron chi connectivity index (χ3n) is 0.862. The maximum absolute atomic E-state index is 8.07. The summed E-state index contributed by atoms with van der Waals surface area (Å²) in [6.07, 6.45) is -0.191. The molecule has 0 aliphatic carbocycles. The van der Waals surface area contributed by atoms with Crippen molar-refractivity contribution >= 4 is 11.6 Å². The van der Waals surface area contributed by atoms with Crippen LogP contribution in [0.3, 0.4) is 0 Å². The third kappa shape index (κ3) is 0.846. The summed E-state index contributed by atoms with van der Waals surface area (Å²) in [6, 6.07) is 1.93. The van der Waals surface area contributed by atoms with Crippen molar-refractivity contribution in [2.45, 2.75) is 12.2 Å². The van der Waals surface area contributed by atoms with Gasteiger partial charge in [0.1, 0.15) is 6.10 Å². The lowest BCUT2D eigenvalue weighted by atomic mass is 10.4. The first kappa shape index (κ1) is 4.89. The van der Waals surface area contributed by atoms with Crippen LogP contribution in [0.5, 0.6) is 0 Å². The van der Waals surface area contributed by atoms with E-state index in [1.807, 2.05) is 6.07 Å². The van der Waals surface area contributed by atoms with Gasteiger partial charge in [0, 0.05) is 0 Å². The predicted octanol–water partition coefficient (Wildman–Crippen LogP) is 0.516. The first-order chi connectivity index (χ1) is 3.38. The van der Waals surface area contributed by atoms with Gasteiger partial charge in [0.15, 0.2) is 6.10 Å². The molecule has 1 fully saturated rings. The Morgan fingerprint density at radius 1 is 1.86 bits per heavy atom. The maximum Gasteiger partial charge on any atom is 0.171 e. The number of hydrogen-bond acceptors (Lipinski definition) is 2. The van der Waals surface area contributed by atoms with Gasteiger partial charge in [-0.05, 0) is 0 Å². The maximum atomic E-state index is 8.07. The lowest BCUT2D eigenvalue weighted by molar-refractivity contribution is 0.404. The van der Waals surface area contributed by atoms with Crippen LogP contribution in [0.25, 0.3) is 0 Å². The zero-order chi connectivity index (χ0) is 5.28. The second-order valence-corrected chi connectivity index (χ2v) is 1.69. The van der Waals surface area contributed by atoms with Gasteiger partial charge in [-0.15, -0.1) is 11.6 Å². The Bertz CT molecular complexity index is 109. The second-order valence-electron chi connectivity index (χ2n) is 1.38. The number of ether oxygens (including phenoxy) is 1. The number of epoxide rings is 1. The number of hydrogen-bond donors (Lipinski definition) is 0. The van der Waals surface area contributed by atoms with Crippen LogP contribution < -0.4 is 0 Å². The molecule has 1 rings (SSSR count). The summed E-state index contributed by atoms with van der Waals surface area (Å²) >= 11 is 5.30. The van der Waals surface area contributed by atoms with Crippen LogP contribution in [0.15, 0.2) is 0 Å². The van der Waals surface area contributed by atoms with Crippen LogP contribution in [-0.2, 0) is 4.74 Å². The molecule has 0 radical (unpaired) electrons. The fraction of sp³-hybridized carbons (Fsp3) is 0.750. The van der Waals surface area contributed by atoms with Crippen molar-refractivity contribution in [2.24, 2.45) is 0 Å². The van der Waals surface area contributed by atoms with Gasteiger partial charge in [-0.2, -0.15) is 5.26 Å². The largest absolute Gasteiger partial charge is 0.352 e. The Labute approximate surface area is 46.6 Å². The molecule has 1 aliphatic rings. The van der Waals surface area contributed by atoms with Crippen LogP contribution in [0.4, 0.5) is 0 Å². The summed E-state index contributed by atoms with van der Waals surface area (Å²) in [4.78, 5) is 0. The van der Waals surface area contributed by atoms with Crippen LogP contribution in [-0.4, -0.2) is 18.1 Å². The van der Waals surface area contributed by atoms with Gasteiger partial charge in [0.2, 0.25) is 0 Å². The minimum absolute atomic E-state index is 0.0201. The Morgan fingerprint density at radius 3 is 2.71 bits per heavy atom. The number of nitriles is 1. The minimum atomic E-state index is -0.211. The molecule has 3 heteroatoms. The van der Waals surface area contributed by atoms with Gasteiger partial charge in [0.05, 0.1) is 11.9 Å². The highest BCUT2D eigenvalue weighted by atomic mass is 35.5. The van der Waals surface area contributed by atoms with Crippen molar-refractivity contribution < 1.29 is 4.74 Å². The summed E-state index contributed by atoms with van der Waals surface area (Å²) < 4.78 is 4.72. The fourth-order valence-electron chi connectivity index (χ4n) is 0.374. The highest BCUT2D eigenvalue weighted by Gasteiger charge is 2.37. The van der Waals surface area contributed by atoms with Gasteiger partial charge < -0.3 is 4.74 Å². The lowest BCUT2D eigenvalue weighted by Crippen LogP contribution is -1.89. The summed E-state index contributed by atoms with van der Waals surface area (Å²) in [6.45, 7) is 0. The van der Waals surface area contributed by atoms with Crippen LogP contribution in [0, 0.1) is 11.3 Å². The molecule has 38 valence electrons. The van der Waals surface area contributed by atoms with Gasteiger partial charge >= 0.3 is 0 Å². The number of halogens is 1. The molecule has 1 heterocycles. The summed E-state index contributed by atoms with van der Waals surface area (Å²) in [5.41, 5.74) is 0. The summed E-state index contributed by atoms with van der Waals surface area (Å²) in [7, 11) is 0. The fourth-order valence-corrected chi connectivity index (χ4v) is 0.608. The molecule has 0 bridgehead atoms. The van der Waals surface area contributed by atoms with Gasteiger partial charge in [-0.1, -0.05) is 0 Å². The Kier molecular flexibility index (Phi) is 1.18. The molecule has 0 amide bonds. The minimum Gasteiger partial charge on any atom is -0.352 e. The topological polar surface area (TPSA) is 36.3 Å². The molecule has 0 N–H and O–H groups in total. The molecule has 0 spiro atoms. The monoisotopic (exact) mass is 117 g/mol. The Morgan fingerprint density at radius 2 is 2.57 bits per heavy atom. The van der Waals surface area contributed by atoms with E-state index in [9.17, 15) is 0 Å². The van der Waals surface area contributed by atoms with Crippen molar-refractivity contribution in [1.82, 2.24) is 0 Å². The van der Waals surface area contributed by atoms with Crippen LogP contribution in [0.2, 0.25) is 0 Å². The number of rotatable bonds is 1. The molecule has 0 aromatic carbocycles. The van der Waals surface area contributed by atoms with E-state index in [-0.39, 0.29) is 12.2 Å². The quantitative estimate of drug-likeness (QED) is 0.371. The van der Waals surface area contributed by atoms with Gasteiger partial charge in [-0.3, -0.25) is 0 Å². The first-order valence-electron chi connectivity index (χ1n) is 1.99. The van der Waals surface area contributed by atoms with E-state index in [2.05, 4.69) is 0 Å². The smallest absolute Gasteiger partial charge is 0.171 e. The van der Waals surface area contributed by atoms with Crippen molar-refractivity contribution in [3.63, 3.8) is 0 Å². The zero-order valence-corrected chi connectivity index (χ0v) is 4.35. The van der Waals surface area contributed by atoms with Crippen LogP contribution in [0.1, 0.15) is 0 Å². The average Bonchev–Trinajstić information content (AvgIpc) is 2.43. The molecule has 2 nitrogen and oxygen atoms in total. The molecule has 0 aromatic rings. The molecular weight excluding hydrogens is 114 g/mol. The van der Waals surface area contributed by atoms with Crippen molar-refractivity contribution in [3.05, 3.63) is 0 Å². The van der Waals surface area contributed by atoms with E-state index < -0.39 is 0 Å². The third-order valence-corrected chi connectivity index (χ3v) is 1.17. The standard InChI is InChI=1S/C4H4ClNO/c5-1-3-4(2-6)7-3/h3-4H,1H2. The Hall–Kier alpha value is -0.260. The van der Waals surface area contributed by atoms with E-state index >= 15 is 0 Å². The van der Waals surface area contributed by atoms with E-state index in [1.54, 1.807) is 0 Å². The molecule has 1 saturated heterocycles. The molecule has 7 heavy (non-hydrogen) atoms. The average molecular weight is 118 g/mol. The normalized spacial score (nSPS) is 37.1. The summed E-state index contributed by atoms with van der Waals surface area (Å²) in [5, 5.41) is 8.07. The second kappa shape index (κ2) is 1.69.